The first-order chi connectivity index (χ1) is 15.1. The number of amides is 5. The van der Waals surface area contributed by atoms with Gasteiger partial charge in [-0.05, 0) is 55.7 Å². The Kier molecular flexibility index (Phi) is 5.58. The predicted molar refractivity (Wildman–Crippen MR) is 114 cm³/mol. The van der Waals surface area contributed by atoms with Crippen molar-refractivity contribution in [2.24, 2.45) is 0 Å². The molecule has 2 unspecified atom stereocenters. The topological polar surface area (TPSA) is 90.5 Å². The number of nitrogens with zero attached hydrogens (tertiary/aromatic N) is 1. The minimum atomic E-state index is -0.893. The van der Waals surface area contributed by atoms with Crippen LogP contribution in [0.5, 0.6) is 0 Å². The average Bonchev–Trinajstić information content (AvgIpc) is 3.22. The summed E-state index contributed by atoms with van der Waals surface area (Å²) in [6.45, 7) is 4.31. The maximum absolute atomic E-state index is 13.7. The van der Waals surface area contributed by atoms with Crippen molar-refractivity contribution in [3.05, 3.63) is 65.2 Å². The quantitative estimate of drug-likeness (QED) is 0.633. The molecule has 3 N–H and O–H groups in total. The standard InChI is InChI=1S/C23H24F2N4O3/c1-23(2)16(14-5-8-17(24)18(25)12-14)9-10-29(23)22(32)26-15-6-3-13(4-7-15)11-19-20(30)28-21(31)27-19/h3-8,12,16,19H,9-11H2,1-2H3,(H,26,32)(H2,27,28,30,31). The lowest BCUT2D eigenvalue weighted by Gasteiger charge is -2.36. The number of benzene rings is 2. The lowest BCUT2D eigenvalue weighted by molar-refractivity contribution is -0.120. The number of nitrogens with one attached hydrogen (secondary N) is 3. The van der Waals surface area contributed by atoms with E-state index >= 15 is 0 Å². The van der Waals surface area contributed by atoms with Gasteiger partial charge in [-0.25, -0.2) is 18.4 Å². The first-order valence-electron chi connectivity index (χ1n) is 10.4. The zero-order chi connectivity index (χ0) is 23.0. The molecule has 0 spiro atoms. The third-order valence-electron chi connectivity index (χ3n) is 6.28. The summed E-state index contributed by atoms with van der Waals surface area (Å²) in [5, 5.41) is 7.62. The van der Waals surface area contributed by atoms with Crippen LogP contribution in [-0.4, -0.2) is 41.0 Å². The van der Waals surface area contributed by atoms with Crippen LogP contribution in [0.15, 0.2) is 42.5 Å². The van der Waals surface area contributed by atoms with Crippen molar-refractivity contribution in [3.8, 4) is 0 Å². The van der Waals surface area contributed by atoms with Gasteiger partial charge in [-0.15, -0.1) is 0 Å². The van der Waals surface area contributed by atoms with E-state index in [-0.39, 0.29) is 17.9 Å². The summed E-state index contributed by atoms with van der Waals surface area (Å²) in [4.78, 5) is 37.6. The molecule has 7 nitrogen and oxygen atoms in total. The van der Waals surface area contributed by atoms with Crippen LogP contribution in [0.1, 0.15) is 37.3 Å². The number of carbonyl (C=O) groups is 3. The Morgan fingerprint density at radius 1 is 1.12 bits per heavy atom. The molecule has 2 aliphatic heterocycles. The number of halogens is 2. The molecule has 2 heterocycles. The maximum Gasteiger partial charge on any atom is 0.322 e. The lowest BCUT2D eigenvalue weighted by Crippen LogP contribution is -2.47. The zero-order valence-electron chi connectivity index (χ0n) is 17.7. The van der Waals surface area contributed by atoms with Gasteiger partial charge in [0.05, 0.1) is 0 Å². The van der Waals surface area contributed by atoms with E-state index in [2.05, 4.69) is 16.0 Å². The summed E-state index contributed by atoms with van der Waals surface area (Å²) in [6.07, 6.45) is 0.987. The number of likely N-dealkylation sites (tertiary alicyclic amines) is 1. The van der Waals surface area contributed by atoms with Gasteiger partial charge in [0, 0.05) is 30.1 Å². The van der Waals surface area contributed by atoms with Gasteiger partial charge in [0.2, 0.25) is 0 Å². The molecule has 0 saturated carbocycles. The summed E-state index contributed by atoms with van der Waals surface area (Å²) in [5.74, 6) is -2.27. The summed E-state index contributed by atoms with van der Waals surface area (Å²) in [5.41, 5.74) is 1.50. The number of imide groups is 1. The van der Waals surface area contributed by atoms with Gasteiger partial charge in [-0.3, -0.25) is 10.1 Å². The molecule has 9 heteroatoms. The van der Waals surface area contributed by atoms with E-state index in [0.717, 1.165) is 11.6 Å². The van der Waals surface area contributed by atoms with E-state index in [4.69, 9.17) is 0 Å². The third kappa shape index (κ3) is 4.15. The first kappa shape index (κ1) is 21.7. The second-order valence-electron chi connectivity index (χ2n) is 8.67. The molecule has 2 aliphatic rings. The Morgan fingerprint density at radius 2 is 1.84 bits per heavy atom. The van der Waals surface area contributed by atoms with Gasteiger partial charge < -0.3 is 15.5 Å². The summed E-state index contributed by atoms with van der Waals surface area (Å²) in [7, 11) is 0. The predicted octanol–water partition coefficient (Wildman–Crippen LogP) is 3.52. The fourth-order valence-corrected chi connectivity index (χ4v) is 4.51. The Labute approximate surface area is 184 Å². The number of carbonyl (C=O) groups excluding carboxylic acids is 3. The molecule has 0 bridgehead atoms. The van der Waals surface area contributed by atoms with E-state index in [1.165, 1.54) is 6.07 Å². The van der Waals surface area contributed by atoms with Crippen molar-refractivity contribution in [2.75, 3.05) is 11.9 Å². The molecule has 2 saturated heterocycles. The lowest BCUT2D eigenvalue weighted by atomic mass is 9.83. The fourth-order valence-electron chi connectivity index (χ4n) is 4.51. The second kappa shape index (κ2) is 8.22. The van der Waals surface area contributed by atoms with Crippen LogP contribution >= 0.6 is 0 Å². The highest BCUT2D eigenvalue weighted by Gasteiger charge is 2.44. The third-order valence-corrected chi connectivity index (χ3v) is 6.28. The second-order valence-corrected chi connectivity index (χ2v) is 8.67. The average molecular weight is 442 g/mol. The maximum atomic E-state index is 13.7. The van der Waals surface area contributed by atoms with Gasteiger partial charge in [0.25, 0.3) is 5.91 Å². The molecular weight excluding hydrogens is 418 g/mol. The Morgan fingerprint density at radius 3 is 2.47 bits per heavy atom. The van der Waals surface area contributed by atoms with Crippen LogP contribution in [0.4, 0.5) is 24.1 Å². The highest BCUT2D eigenvalue weighted by molar-refractivity contribution is 6.04. The molecule has 2 aromatic rings. The zero-order valence-corrected chi connectivity index (χ0v) is 17.7. The van der Waals surface area contributed by atoms with E-state index in [1.807, 2.05) is 13.8 Å². The van der Waals surface area contributed by atoms with Crippen molar-refractivity contribution >= 4 is 23.7 Å². The molecule has 2 atom stereocenters. The number of urea groups is 2. The van der Waals surface area contributed by atoms with Crippen LogP contribution in [0.3, 0.4) is 0 Å². The molecule has 0 aliphatic carbocycles. The van der Waals surface area contributed by atoms with Gasteiger partial charge in [0.1, 0.15) is 6.04 Å². The van der Waals surface area contributed by atoms with Crippen LogP contribution in [0, 0.1) is 11.6 Å². The number of hydrogen-bond donors (Lipinski definition) is 3. The van der Waals surface area contributed by atoms with Crippen LogP contribution < -0.4 is 16.0 Å². The van der Waals surface area contributed by atoms with Gasteiger partial charge in [0.15, 0.2) is 11.6 Å². The van der Waals surface area contributed by atoms with Crippen LogP contribution in [0.2, 0.25) is 0 Å². The van der Waals surface area contributed by atoms with Crippen molar-refractivity contribution in [2.45, 2.75) is 44.2 Å². The van der Waals surface area contributed by atoms with Crippen molar-refractivity contribution in [1.29, 1.82) is 0 Å². The van der Waals surface area contributed by atoms with E-state index in [9.17, 15) is 23.2 Å². The van der Waals surface area contributed by atoms with Crippen molar-refractivity contribution in [3.63, 3.8) is 0 Å². The molecule has 0 radical (unpaired) electrons. The Hall–Kier alpha value is -3.49. The molecule has 4 rings (SSSR count). The number of anilines is 1. The highest BCUT2D eigenvalue weighted by Crippen LogP contribution is 2.42. The van der Waals surface area contributed by atoms with Crippen LogP contribution in [0.25, 0.3) is 0 Å². The van der Waals surface area contributed by atoms with Crippen LogP contribution in [-0.2, 0) is 11.2 Å². The minimum Gasteiger partial charge on any atom is -0.326 e. The molecule has 2 aromatic carbocycles. The Bertz CT molecular complexity index is 1070. The molecule has 168 valence electrons. The van der Waals surface area contributed by atoms with E-state index < -0.39 is 29.2 Å². The highest BCUT2D eigenvalue weighted by atomic mass is 19.2. The fraction of sp³-hybridized carbons (Fsp3) is 0.348. The Balaban J connectivity index is 1.40. The van der Waals surface area contributed by atoms with Gasteiger partial charge in [-0.2, -0.15) is 0 Å². The number of hydrogen-bond acceptors (Lipinski definition) is 3. The molecule has 32 heavy (non-hydrogen) atoms. The largest absolute Gasteiger partial charge is 0.326 e. The molecular formula is C23H24F2N4O3. The molecule has 5 amide bonds. The first-order valence-corrected chi connectivity index (χ1v) is 10.4. The summed E-state index contributed by atoms with van der Waals surface area (Å²) in [6, 6.07) is 9.53. The van der Waals surface area contributed by atoms with E-state index in [1.54, 1.807) is 35.2 Å². The molecule has 0 aromatic heterocycles. The van der Waals surface area contributed by atoms with Crippen molar-refractivity contribution in [1.82, 2.24) is 15.5 Å². The van der Waals surface area contributed by atoms with Crippen molar-refractivity contribution < 1.29 is 23.2 Å². The SMILES string of the molecule is CC1(C)C(c2ccc(F)c(F)c2)CCN1C(=O)Nc1ccc(CC2NC(=O)NC2=O)cc1. The number of rotatable bonds is 4. The molecule has 2 fully saturated rings. The van der Waals surface area contributed by atoms with Gasteiger partial charge in [-0.1, -0.05) is 18.2 Å². The van der Waals surface area contributed by atoms with E-state index in [0.29, 0.717) is 30.6 Å². The van der Waals surface area contributed by atoms with Gasteiger partial charge >= 0.3 is 12.1 Å². The minimum absolute atomic E-state index is 0.126. The monoisotopic (exact) mass is 442 g/mol. The normalized spacial score (nSPS) is 21.9. The smallest absolute Gasteiger partial charge is 0.322 e. The summed E-state index contributed by atoms with van der Waals surface area (Å²) >= 11 is 0. The summed E-state index contributed by atoms with van der Waals surface area (Å²) < 4.78 is 27.0.